The Morgan fingerprint density at radius 3 is 2.43 bits per heavy atom. The van der Waals surface area contributed by atoms with Crippen LogP contribution in [-0.4, -0.2) is 18.3 Å². The van der Waals surface area contributed by atoms with E-state index in [0.717, 1.165) is 26.2 Å². The number of rotatable bonds is 7. The van der Waals surface area contributed by atoms with Gasteiger partial charge in [0.25, 0.3) is 0 Å². The van der Waals surface area contributed by atoms with E-state index in [-0.39, 0.29) is 0 Å². The molecule has 1 aromatic carbocycles. The minimum Gasteiger partial charge on any atom is -0.383 e. The van der Waals surface area contributed by atoms with Crippen molar-refractivity contribution >= 4 is 0 Å². The second kappa shape index (κ2) is 7.43. The van der Waals surface area contributed by atoms with Crippen LogP contribution in [0, 0.1) is 20.8 Å². The molecule has 1 heterocycles. The van der Waals surface area contributed by atoms with E-state index in [1.165, 1.54) is 28.1 Å². The number of benzene rings is 1. The van der Waals surface area contributed by atoms with Crippen LogP contribution in [0.2, 0.25) is 0 Å². The summed E-state index contributed by atoms with van der Waals surface area (Å²) in [5.74, 6) is 0. The summed E-state index contributed by atoms with van der Waals surface area (Å²) < 4.78 is 7.53. The van der Waals surface area contributed by atoms with Crippen LogP contribution in [0.5, 0.6) is 0 Å². The minimum atomic E-state index is 0.767. The highest BCUT2D eigenvalue weighted by atomic mass is 16.5. The maximum atomic E-state index is 5.18. The van der Waals surface area contributed by atoms with E-state index in [2.05, 4.69) is 61.0 Å². The zero-order valence-corrected chi connectivity index (χ0v) is 13.6. The lowest BCUT2D eigenvalue weighted by molar-refractivity contribution is -0.686. The third-order valence-electron chi connectivity index (χ3n) is 4.06. The fraction of sp³-hybridized carbons (Fsp3) is 0.444. The van der Waals surface area contributed by atoms with Gasteiger partial charge in [-0.05, 0) is 26.8 Å². The first-order valence-corrected chi connectivity index (χ1v) is 7.63. The van der Waals surface area contributed by atoms with E-state index in [1.807, 2.05) is 0 Å². The Hall–Kier alpha value is -1.58. The van der Waals surface area contributed by atoms with E-state index < -0.39 is 0 Å². The van der Waals surface area contributed by atoms with Crippen LogP contribution in [-0.2, 0) is 24.4 Å². The topological polar surface area (TPSA) is 30.8 Å². The highest BCUT2D eigenvalue weighted by Gasteiger charge is 2.10. The van der Waals surface area contributed by atoms with E-state index in [9.17, 15) is 0 Å². The molecule has 3 heteroatoms. The lowest BCUT2D eigenvalue weighted by Crippen LogP contribution is -2.80. The summed E-state index contributed by atoms with van der Waals surface area (Å²) in [6.07, 6.45) is 0. The number of methoxy groups -OCH3 is 1. The number of hydrogen-bond donors (Lipinski definition) is 1. The summed E-state index contributed by atoms with van der Waals surface area (Å²) in [7, 11) is 1.75. The maximum Gasteiger partial charge on any atom is 0.103 e. The molecular weight excluding hydrogens is 260 g/mol. The minimum absolute atomic E-state index is 0.767. The van der Waals surface area contributed by atoms with Gasteiger partial charge in [0, 0.05) is 36.2 Å². The first kappa shape index (κ1) is 15.8. The van der Waals surface area contributed by atoms with Gasteiger partial charge in [0.15, 0.2) is 0 Å². The first-order chi connectivity index (χ1) is 10.1. The van der Waals surface area contributed by atoms with Crippen LogP contribution in [0.1, 0.15) is 28.1 Å². The number of ether oxygens (including phenoxy) is 1. The molecule has 0 amide bonds. The second-order valence-corrected chi connectivity index (χ2v) is 5.72. The molecule has 0 saturated carbocycles. The van der Waals surface area contributed by atoms with Gasteiger partial charge in [-0.25, -0.2) is 0 Å². The van der Waals surface area contributed by atoms with Crippen LogP contribution in [0.4, 0.5) is 0 Å². The Kier molecular flexibility index (Phi) is 5.59. The van der Waals surface area contributed by atoms with Gasteiger partial charge in [-0.15, -0.1) is 0 Å². The van der Waals surface area contributed by atoms with Crippen molar-refractivity contribution in [2.75, 3.05) is 13.7 Å². The molecule has 0 radical (unpaired) electrons. The molecule has 0 spiro atoms. The predicted octanol–water partition coefficient (Wildman–Crippen LogP) is 2.32. The van der Waals surface area contributed by atoms with E-state index >= 15 is 0 Å². The quantitative estimate of drug-likeness (QED) is 0.832. The molecule has 0 aliphatic rings. The van der Waals surface area contributed by atoms with Crippen LogP contribution in [0.15, 0.2) is 30.3 Å². The van der Waals surface area contributed by atoms with Crippen LogP contribution in [0.3, 0.4) is 0 Å². The van der Waals surface area contributed by atoms with Gasteiger partial charge < -0.3 is 14.6 Å². The van der Waals surface area contributed by atoms with Gasteiger partial charge >= 0.3 is 0 Å². The summed E-state index contributed by atoms with van der Waals surface area (Å²) in [6, 6.07) is 11.1. The molecule has 0 aliphatic heterocycles. The first-order valence-electron chi connectivity index (χ1n) is 7.63. The Morgan fingerprint density at radius 1 is 1.05 bits per heavy atom. The van der Waals surface area contributed by atoms with Crippen LogP contribution >= 0.6 is 0 Å². The van der Waals surface area contributed by atoms with Crippen molar-refractivity contribution in [2.24, 2.45) is 0 Å². The molecule has 114 valence electrons. The van der Waals surface area contributed by atoms with Gasteiger partial charge in [0.05, 0.1) is 6.61 Å². The number of nitrogens with two attached hydrogens (primary N) is 1. The summed E-state index contributed by atoms with van der Waals surface area (Å²) >= 11 is 0. The van der Waals surface area contributed by atoms with Crippen molar-refractivity contribution in [1.82, 2.24) is 4.57 Å². The zero-order chi connectivity index (χ0) is 15.2. The number of aryl methyl sites for hydroxylation is 2. The summed E-state index contributed by atoms with van der Waals surface area (Å²) in [5.41, 5.74) is 6.82. The highest BCUT2D eigenvalue weighted by Crippen LogP contribution is 2.14. The lowest BCUT2D eigenvalue weighted by atomic mass is 10.1. The average Bonchev–Trinajstić information content (AvgIpc) is 2.74. The molecule has 0 aliphatic carbocycles. The molecule has 0 bridgehead atoms. The van der Waals surface area contributed by atoms with Crippen molar-refractivity contribution in [1.29, 1.82) is 0 Å². The average molecular weight is 287 g/mol. The van der Waals surface area contributed by atoms with Crippen LogP contribution in [0.25, 0.3) is 0 Å². The Labute approximate surface area is 127 Å². The van der Waals surface area contributed by atoms with Crippen molar-refractivity contribution in [3.8, 4) is 0 Å². The third kappa shape index (κ3) is 4.19. The largest absolute Gasteiger partial charge is 0.383 e. The SMILES string of the molecule is COCCn1c(C)cc(C[NH2+]Cc2ccc(C)cc2)c1C. The van der Waals surface area contributed by atoms with Crippen molar-refractivity contribution in [3.63, 3.8) is 0 Å². The number of hydrogen-bond acceptors (Lipinski definition) is 1. The third-order valence-corrected chi connectivity index (χ3v) is 4.06. The molecule has 2 aromatic rings. The predicted molar refractivity (Wildman–Crippen MR) is 86.3 cm³/mol. The Balaban J connectivity index is 1.92. The number of nitrogens with zero attached hydrogens (tertiary/aromatic N) is 1. The van der Waals surface area contributed by atoms with E-state index in [1.54, 1.807) is 7.11 Å². The molecule has 0 atom stereocenters. The molecule has 1 aromatic heterocycles. The monoisotopic (exact) mass is 287 g/mol. The maximum absolute atomic E-state index is 5.18. The van der Waals surface area contributed by atoms with E-state index in [0.29, 0.717) is 0 Å². The molecule has 2 N–H and O–H groups in total. The standard InChI is InChI=1S/C18H26N2O/c1-14-5-7-17(8-6-14)12-19-13-18-11-15(2)20(16(18)3)9-10-21-4/h5-8,11,19H,9-10,12-13H2,1-4H3/p+1. The second-order valence-electron chi connectivity index (χ2n) is 5.72. The smallest absolute Gasteiger partial charge is 0.103 e. The molecule has 0 fully saturated rings. The fourth-order valence-electron chi connectivity index (χ4n) is 2.72. The van der Waals surface area contributed by atoms with Gasteiger partial charge in [-0.1, -0.05) is 29.8 Å². The summed E-state index contributed by atoms with van der Waals surface area (Å²) in [4.78, 5) is 0. The molecule has 3 nitrogen and oxygen atoms in total. The molecule has 2 rings (SSSR count). The molecular formula is C18H27N2O+. The fourth-order valence-corrected chi connectivity index (χ4v) is 2.72. The zero-order valence-electron chi connectivity index (χ0n) is 13.6. The highest BCUT2D eigenvalue weighted by molar-refractivity contribution is 5.26. The Bertz CT molecular complexity index is 570. The van der Waals surface area contributed by atoms with Gasteiger partial charge in [0.1, 0.15) is 13.1 Å². The molecule has 0 saturated heterocycles. The molecule has 0 unspecified atom stereocenters. The summed E-state index contributed by atoms with van der Waals surface area (Å²) in [5, 5.41) is 2.37. The number of aromatic nitrogens is 1. The molecule has 21 heavy (non-hydrogen) atoms. The summed E-state index contributed by atoms with van der Waals surface area (Å²) in [6.45, 7) is 10.3. The van der Waals surface area contributed by atoms with Crippen molar-refractivity contribution in [3.05, 3.63) is 58.4 Å². The Morgan fingerprint density at radius 2 is 1.76 bits per heavy atom. The van der Waals surface area contributed by atoms with Gasteiger partial charge in [-0.2, -0.15) is 0 Å². The van der Waals surface area contributed by atoms with Crippen molar-refractivity contribution < 1.29 is 10.1 Å². The van der Waals surface area contributed by atoms with Gasteiger partial charge in [-0.3, -0.25) is 0 Å². The van der Waals surface area contributed by atoms with Crippen molar-refractivity contribution in [2.45, 2.75) is 40.4 Å². The van der Waals surface area contributed by atoms with E-state index in [4.69, 9.17) is 4.74 Å². The normalized spacial score (nSPS) is 11.0. The lowest BCUT2D eigenvalue weighted by Gasteiger charge is -2.09. The van der Waals surface area contributed by atoms with Gasteiger partial charge in [0.2, 0.25) is 0 Å². The number of quaternary nitrogens is 1. The van der Waals surface area contributed by atoms with Crippen LogP contribution < -0.4 is 5.32 Å².